The Balaban J connectivity index is 1.51. The molecule has 0 saturated heterocycles. The molecule has 1 aromatic carbocycles. The molecule has 2 heterocycles. The molecule has 2 aromatic heterocycles. The van der Waals surface area contributed by atoms with E-state index in [0.717, 1.165) is 17.7 Å². The molecular formula is C19H19N3O2S. The normalized spacial score (nSPS) is 13.5. The molecule has 3 aromatic rings. The number of benzene rings is 1. The second-order valence-electron chi connectivity index (χ2n) is 6.19. The summed E-state index contributed by atoms with van der Waals surface area (Å²) in [5, 5.41) is 5.37. The molecule has 128 valence electrons. The Morgan fingerprint density at radius 2 is 2.08 bits per heavy atom. The van der Waals surface area contributed by atoms with Gasteiger partial charge in [0.1, 0.15) is 12.0 Å². The van der Waals surface area contributed by atoms with Crippen LogP contribution in [0.3, 0.4) is 0 Å². The van der Waals surface area contributed by atoms with Gasteiger partial charge in [-0.2, -0.15) is 0 Å². The Hall–Kier alpha value is -2.44. The van der Waals surface area contributed by atoms with E-state index in [1.54, 1.807) is 6.07 Å². The lowest BCUT2D eigenvalue weighted by molar-refractivity contribution is 0.102. The number of fused-ring (bicyclic) bond motifs is 1. The highest BCUT2D eigenvalue weighted by atomic mass is 32.1. The zero-order valence-corrected chi connectivity index (χ0v) is 14.6. The number of carbonyl (C=O) groups excluding carboxylic acids is 1. The number of aryl methyl sites for hydroxylation is 2. The maximum Gasteiger partial charge on any atom is 0.260 e. The smallest absolute Gasteiger partial charge is 0.260 e. The van der Waals surface area contributed by atoms with Crippen molar-refractivity contribution < 1.29 is 9.21 Å². The van der Waals surface area contributed by atoms with Crippen LogP contribution in [-0.2, 0) is 19.4 Å². The molecule has 0 saturated carbocycles. The van der Waals surface area contributed by atoms with E-state index >= 15 is 0 Å². The fourth-order valence-corrected chi connectivity index (χ4v) is 3.85. The number of aromatic nitrogens is 1. The zero-order valence-electron chi connectivity index (χ0n) is 13.7. The van der Waals surface area contributed by atoms with Gasteiger partial charge in [-0.15, -0.1) is 11.3 Å². The number of thiazole rings is 1. The Bertz CT molecular complexity index is 913. The fraction of sp³-hybridized carbons (Fsp3) is 0.263. The second kappa shape index (κ2) is 6.82. The van der Waals surface area contributed by atoms with E-state index in [0.29, 0.717) is 16.5 Å². The number of hydrogen-bond acceptors (Lipinski definition) is 5. The van der Waals surface area contributed by atoms with Crippen molar-refractivity contribution in [2.24, 2.45) is 5.73 Å². The van der Waals surface area contributed by atoms with Crippen LogP contribution in [0.1, 0.15) is 40.1 Å². The highest BCUT2D eigenvalue weighted by Crippen LogP contribution is 2.29. The van der Waals surface area contributed by atoms with Crippen molar-refractivity contribution >= 4 is 22.4 Å². The largest absolute Gasteiger partial charge is 0.467 e. The quantitative estimate of drug-likeness (QED) is 0.743. The van der Waals surface area contributed by atoms with Crippen molar-refractivity contribution in [3.63, 3.8) is 0 Å². The van der Waals surface area contributed by atoms with Gasteiger partial charge < -0.3 is 10.2 Å². The Morgan fingerprint density at radius 1 is 1.24 bits per heavy atom. The summed E-state index contributed by atoms with van der Waals surface area (Å²) in [6, 6.07) is 8.21. The van der Waals surface area contributed by atoms with Gasteiger partial charge in [0.25, 0.3) is 5.91 Å². The molecular weight excluding hydrogens is 334 g/mol. The van der Waals surface area contributed by atoms with Crippen LogP contribution in [0.15, 0.2) is 40.3 Å². The van der Waals surface area contributed by atoms with Crippen LogP contribution in [0.5, 0.6) is 0 Å². The van der Waals surface area contributed by atoms with Crippen molar-refractivity contribution in [3.8, 4) is 11.3 Å². The van der Waals surface area contributed by atoms with Gasteiger partial charge in [0, 0.05) is 10.9 Å². The van der Waals surface area contributed by atoms with E-state index in [1.807, 2.05) is 5.38 Å². The van der Waals surface area contributed by atoms with Gasteiger partial charge in [-0.1, -0.05) is 12.1 Å². The second-order valence-corrected chi connectivity index (χ2v) is 7.05. The first-order valence-corrected chi connectivity index (χ1v) is 9.27. The van der Waals surface area contributed by atoms with Crippen LogP contribution in [0.25, 0.3) is 11.3 Å². The fourth-order valence-electron chi connectivity index (χ4n) is 3.13. The monoisotopic (exact) mass is 353 g/mol. The van der Waals surface area contributed by atoms with Crippen LogP contribution < -0.4 is 11.1 Å². The summed E-state index contributed by atoms with van der Waals surface area (Å²) in [4.78, 5) is 16.8. The number of carbonyl (C=O) groups is 1. The Kier molecular flexibility index (Phi) is 4.38. The predicted molar refractivity (Wildman–Crippen MR) is 98.7 cm³/mol. The van der Waals surface area contributed by atoms with Crippen molar-refractivity contribution in [1.82, 2.24) is 4.98 Å². The van der Waals surface area contributed by atoms with Gasteiger partial charge in [0.15, 0.2) is 5.13 Å². The molecule has 4 rings (SSSR count). The molecule has 25 heavy (non-hydrogen) atoms. The summed E-state index contributed by atoms with van der Waals surface area (Å²) >= 11 is 1.42. The topological polar surface area (TPSA) is 81.2 Å². The number of nitrogens with two attached hydrogens (primary N) is 1. The highest BCUT2D eigenvalue weighted by molar-refractivity contribution is 7.14. The maximum absolute atomic E-state index is 12.2. The average Bonchev–Trinajstić information content (AvgIpc) is 3.30. The molecule has 6 heteroatoms. The molecule has 0 radical (unpaired) electrons. The van der Waals surface area contributed by atoms with E-state index in [2.05, 4.69) is 28.5 Å². The summed E-state index contributed by atoms with van der Waals surface area (Å²) in [6.07, 6.45) is 6.25. The SMILES string of the molecule is NCc1cc(C(=O)Nc2nc(-c3ccc4c(c3)CCCC4)cs2)co1. The number of amides is 1. The van der Waals surface area contributed by atoms with Crippen LogP contribution in [-0.4, -0.2) is 10.9 Å². The molecule has 0 atom stereocenters. The molecule has 0 aliphatic heterocycles. The van der Waals surface area contributed by atoms with Crippen LogP contribution in [0.2, 0.25) is 0 Å². The van der Waals surface area contributed by atoms with Crippen molar-refractivity contribution in [1.29, 1.82) is 0 Å². The van der Waals surface area contributed by atoms with Crippen molar-refractivity contribution in [2.45, 2.75) is 32.2 Å². The minimum absolute atomic E-state index is 0.241. The lowest BCUT2D eigenvalue weighted by Gasteiger charge is -2.16. The minimum atomic E-state index is -0.241. The lowest BCUT2D eigenvalue weighted by Crippen LogP contribution is -2.10. The Morgan fingerprint density at radius 3 is 2.88 bits per heavy atom. The zero-order chi connectivity index (χ0) is 17.2. The third-order valence-corrected chi connectivity index (χ3v) is 5.24. The summed E-state index contributed by atoms with van der Waals surface area (Å²) in [6.45, 7) is 0.271. The first kappa shape index (κ1) is 16.1. The highest BCUT2D eigenvalue weighted by Gasteiger charge is 2.14. The number of hydrogen-bond donors (Lipinski definition) is 2. The van der Waals surface area contributed by atoms with E-state index in [-0.39, 0.29) is 12.5 Å². The minimum Gasteiger partial charge on any atom is -0.467 e. The molecule has 3 N–H and O–H groups in total. The molecule has 1 aliphatic rings. The first-order valence-electron chi connectivity index (χ1n) is 8.39. The van der Waals surface area contributed by atoms with Gasteiger partial charge in [0.2, 0.25) is 0 Å². The maximum atomic E-state index is 12.2. The third-order valence-electron chi connectivity index (χ3n) is 4.49. The van der Waals surface area contributed by atoms with Gasteiger partial charge in [0.05, 0.1) is 17.8 Å². The molecule has 5 nitrogen and oxygen atoms in total. The van der Waals surface area contributed by atoms with E-state index in [9.17, 15) is 4.79 Å². The lowest BCUT2D eigenvalue weighted by atomic mass is 9.90. The van der Waals surface area contributed by atoms with E-state index in [4.69, 9.17) is 10.2 Å². The predicted octanol–water partition coefficient (Wildman–Crippen LogP) is 3.99. The molecule has 1 amide bonds. The van der Waals surface area contributed by atoms with Crippen molar-refractivity contribution in [3.05, 3.63) is 58.4 Å². The van der Waals surface area contributed by atoms with E-state index in [1.165, 1.54) is 48.0 Å². The number of nitrogens with one attached hydrogen (secondary N) is 1. The average molecular weight is 353 g/mol. The molecule has 1 aliphatic carbocycles. The Labute approximate surface area is 149 Å². The third kappa shape index (κ3) is 3.36. The van der Waals surface area contributed by atoms with Crippen LogP contribution in [0.4, 0.5) is 5.13 Å². The summed E-state index contributed by atoms with van der Waals surface area (Å²) < 4.78 is 5.20. The number of nitrogens with zero attached hydrogens (tertiary/aromatic N) is 1. The van der Waals surface area contributed by atoms with Gasteiger partial charge in [-0.3, -0.25) is 10.1 Å². The number of rotatable bonds is 4. The first-order chi connectivity index (χ1) is 12.2. The summed E-state index contributed by atoms with van der Waals surface area (Å²) in [5.41, 5.74) is 10.8. The molecule has 0 fully saturated rings. The summed E-state index contributed by atoms with van der Waals surface area (Å²) in [7, 11) is 0. The molecule has 0 bridgehead atoms. The van der Waals surface area contributed by atoms with Gasteiger partial charge in [-0.25, -0.2) is 4.98 Å². The van der Waals surface area contributed by atoms with Crippen LogP contribution in [0, 0.1) is 0 Å². The van der Waals surface area contributed by atoms with Gasteiger partial charge >= 0.3 is 0 Å². The van der Waals surface area contributed by atoms with Crippen LogP contribution >= 0.6 is 11.3 Å². The standard InChI is InChI=1S/C19H19N3O2S/c20-9-16-8-15(10-24-16)18(23)22-19-21-17(11-25-19)14-6-5-12-3-1-2-4-13(12)7-14/h5-8,10-11H,1-4,9,20H2,(H,21,22,23). The van der Waals surface area contributed by atoms with E-state index < -0.39 is 0 Å². The molecule has 0 spiro atoms. The molecule has 0 unspecified atom stereocenters. The summed E-state index contributed by atoms with van der Waals surface area (Å²) in [5.74, 6) is 0.342. The number of furan rings is 1. The number of anilines is 1. The van der Waals surface area contributed by atoms with Gasteiger partial charge in [-0.05, 0) is 48.9 Å². The van der Waals surface area contributed by atoms with Crippen molar-refractivity contribution in [2.75, 3.05) is 5.32 Å².